The molecular formula is C22H34N2O4. The van der Waals surface area contributed by atoms with Gasteiger partial charge in [0.15, 0.2) is 0 Å². The van der Waals surface area contributed by atoms with E-state index in [-0.39, 0.29) is 23.8 Å². The summed E-state index contributed by atoms with van der Waals surface area (Å²) in [5.74, 6) is 0.785. The fraction of sp³-hybridized carbons (Fsp3) is 0.636. The standard InChI is InChI=1S/C22H34N2O4/c1-5-6-15-24-20(25)13-12-19(22(26)23(2)14-7-16-27-3)21(24)17-8-10-18(28-4)11-9-17/h8-11,19,21H,5-7,12-16H2,1-4H3. The van der Waals surface area contributed by atoms with Gasteiger partial charge in [0, 0.05) is 40.3 Å². The number of benzene rings is 1. The number of hydrogen-bond donors (Lipinski definition) is 0. The minimum Gasteiger partial charge on any atom is -0.497 e. The molecule has 2 amide bonds. The molecule has 1 fully saturated rings. The molecule has 0 saturated carbocycles. The minimum absolute atomic E-state index is 0.103. The van der Waals surface area contributed by atoms with Gasteiger partial charge in [0.2, 0.25) is 11.8 Å². The number of hydrogen-bond acceptors (Lipinski definition) is 4. The van der Waals surface area contributed by atoms with Gasteiger partial charge in [-0.2, -0.15) is 0 Å². The van der Waals surface area contributed by atoms with E-state index in [0.29, 0.717) is 32.5 Å². The van der Waals surface area contributed by atoms with Gasteiger partial charge >= 0.3 is 0 Å². The molecule has 156 valence electrons. The van der Waals surface area contributed by atoms with Gasteiger partial charge in [0.05, 0.1) is 19.1 Å². The summed E-state index contributed by atoms with van der Waals surface area (Å²) in [5.41, 5.74) is 0.994. The topological polar surface area (TPSA) is 59.1 Å². The third-order valence-electron chi connectivity index (χ3n) is 5.45. The highest BCUT2D eigenvalue weighted by molar-refractivity contribution is 5.85. The SMILES string of the molecule is CCCCN1C(=O)CCC(C(=O)N(C)CCCOC)C1c1ccc(OC)cc1. The van der Waals surface area contributed by atoms with Crippen LogP contribution < -0.4 is 4.74 Å². The molecule has 0 aliphatic carbocycles. The first-order valence-corrected chi connectivity index (χ1v) is 10.2. The number of rotatable bonds is 10. The number of ether oxygens (including phenoxy) is 2. The molecule has 0 N–H and O–H groups in total. The molecule has 0 radical (unpaired) electrons. The molecule has 1 heterocycles. The number of carbonyl (C=O) groups excluding carboxylic acids is 2. The Morgan fingerprint density at radius 1 is 1.21 bits per heavy atom. The van der Waals surface area contributed by atoms with Crippen LogP contribution >= 0.6 is 0 Å². The normalized spacial score (nSPS) is 19.6. The second-order valence-corrected chi connectivity index (χ2v) is 7.41. The molecule has 6 nitrogen and oxygen atoms in total. The van der Waals surface area contributed by atoms with Crippen molar-refractivity contribution in [3.8, 4) is 5.75 Å². The molecule has 28 heavy (non-hydrogen) atoms. The summed E-state index contributed by atoms with van der Waals surface area (Å²) < 4.78 is 10.4. The molecule has 2 rings (SSSR count). The van der Waals surface area contributed by atoms with Gasteiger partial charge in [-0.05, 0) is 37.0 Å². The van der Waals surface area contributed by atoms with Crippen LogP contribution in [0.25, 0.3) is 0 Å². The van der Waals surface area contributed by atoms with Crippen LogP contribution in [0.1, 0.15) is 50.6 Å². The van der Waals surface area contributed by atoms with Crippen molar-refractivity contribution in [2.75, 3.05) is 41.0 Å². The fourth-order valence-electron chi connectivity index (χ4n) is 3.86. The second kappa shape index (κ2) is 11.1. The number of unbranched alkanes of at least 4 members (excludes halogenated alkanes) is 1. The Bertz CT molecular complexity index is 632. The molecule has 2 unspecified atom stereocenters. The van der Waals surface area contributed by atoms with Crippen LogP contribution in [0.5, 0.6) is 5.75 Å². The maximum absolute atomic E-state index is 13.2. The van der Waals surface area contributed by atoms with Crippen LogP contribution in [0.2, 0.25) is 0 Å². The van der Waals surface area contributed by atoms with Crippen molar-refractivity contribution >= 4 is 11.8 Å². The van der Waals surface area contributed by atoms with Crippen molar-refractivity contribution in [2.24, 2.45) is 5.92 Å². The molecule has 1 saturated heterocycles. The molecular weight excluding hydrogens is 356 g/mol. The maximum atomic E-state index is 13.2. The van der Waals surface area contributed by atoms with Crippen molar-refractivity contribution in [1.29, 1.82) is 0 Å². The quantitative estimate of drug-likeness (QED) is 0.576. The van der Waals surface area contributed by atoms with E-state index in [0.717, 1.165) is 30.6 Å². The van der Waals surface area contributed by atoms with Crippen LogP contribution in [0.4, 0.5) is 0 Å². The molecule has 0 bridgehead atoms. The molecule has 1 aliphatic rings. The Morgan fingerprint density at radius 2 is 1.93 bits per heavy atom. The molecule has 0 aromatic heterocycles. The zero-order valence-electron chi connectivity index (χ0n) is 17.6. The average molecular weight is 391 g/mol. The van der Waals surface area contributed by atoms with E-state index >= 15 is 0 Å². The highest BCUT2D eigenvalue weighted by atomic mass is 16.5. The van der Waals surface area contributed by atoms with E-state index in [2.05, 4.69) is 6.92 Å². The van der Waals surface area contributed by atoms with E-state index in [1.807, 2.05) is 36.2 Å². The lowest BCUT2D eigenvalue weighted by molar-refractivity contribution is -0.147. The Morgan fingerprint density at radius 3 is 2.54 bits per heavy atom. The highest BCUT2D eigenvalue weighted by Crippen LogP contribution is 2.38. The predicted octanol–water partition coefficient (Wildman–Crippen LogP) is 3.27. The Kier molecular flexibility index (Phi) is 8.77. The predicted molar refractivity (Wildman–Crippen MR) is 109 cm³/mol. The number of carbonyl (C=O) groups is 2. The number of likely N-dealkylation sites (tertiary alicyclic amines) is 1. The van der Waals surface area contributed by atoms with E-state index in [9.17, 15) is 9.59 Å². The first kappa shape index (κ1) is 22.2. The van der Waals surface area contributed by atoms with Crippen molar-refractivity contribution in [2.45, 2.75) is 45.1 Å². The van der Waals surface area contributed by atoms with Crippen LogP contribution in [0.15, 0.2) is 24.3 Å². The number of amides is 2. The molecule has 6 heteroatoms. The zero-order valence-corrected chi connectivity index (χ0v) is 17.6. The summed E-state index contributed by atoms with van der Waals surface area (Å²) in [4.78, 5) is 29.7. The molecule has 2 atom stereocenters. The van der Waals surface area contributed by atoms with Gasteiger partial charge < -0.3 is 19.3 Å². The van der Waals surface area contributed by atoms with Crippen molar-refractivity contribution in [1.82, 2.24) is 9.80 Å². The first-order valence-electron chi connectivity index (χ1n) is 10.2. The summed E-state index contributed by atoms with van der Waals surface area (Å²) in [6, 6.07) is 7.53. The molecule has 1 aromatic rings. The van der Waals surface area contributed by atoms with Gasteiger partial charge in [-0.1, -0.05) is 25.5 Å². The van der Waals surface area contributed by atoms with Crippen molar-refractivity contribution in [3.05, 3.63) is 29.8 Å². The van der Waals surface area contributed by atoms with E-state index < -0.39 is 0 Å². The smallest absolute Gasteiger partial charge is 0.227 e. The summed E-state index contributed by atoms with van der Waals surface area (Å²) in [5, 5.41) is 0. The van der Waals surface area contributed by atoms with Crippen molar-refractivity contribution < 1.29 is 19.1 Å². The molecule has 0 spiro atoms. The zero-order chi connectivity index (χ0) is 20.5. The van der Waals surface area contributed by atoms with E-state index in [1.165, 1.54) is 0 Å². The van der Waals surface area contributed by atoms with Gasteiger partial charge in [-0.25, -0.2) is 0 Å². The fourth-order valence-corrected chi connectivity index (χ4v) is 3.86. The summed E-state index contributed by atoms with van der Waals surface area (Å²) in [7, 11) is 5.14. The van der Waals surface area contributed by atoms with E-state index in [4.69, 9.17) is 9.47 Å². The van der Waals surface area contributed by atoms with Gasteiger partial charge in [-0.15, -0.1) is 0 Å². The number of nitrogens with zero attached hydrogens (tertiary/aromatic N) is 2. The largest absolute Gasteiger partial charge is 0.497 e. The average Bonchev–Trinajstić information content (AvgIpc) is 2.72. The van der Waals surface area contributed by atoms with Crippen molar-refractivity contribution in [3.63, 3.8) is 0 Å². The van der Waals surface area contributed by atoms with Gasteiger partial charge in [0.1, 0.15) is 5.75 Å². The second-order valence-electron chi connectivity index (χ2n) is 7.41. The Labute approximate surface area is 168 Å². The van der Waals surface area contributed by atoms with Gasteiger partial charge in [-0.3, -0.25) is 9.59 Å². The van der Waals surface area contributed by atoms with Crippen LogP contribution in [-0.2, 0) is 14.3 Å². The van der Waals surface area contributed by atoms with E-state index in [1.54, 1.807) is 19.1 Å². The lowest BCUT2D eigenvalue weighted by atomic mass is 9.83. The maximum Gasteiger partial charge on any atom is 0.227 e. The Hall–Kier alpha value is -2.08. The highest BCUT2D eigenvalue weighted by Gasteiger charge is 2.41. The summed E-state index contributed by atoms with van der Waals surface area (Å²) in [6.45, 7) is 4.08. The monoisotopic (exact) mass is 390 g/mol. The summed E-state index contributed by atoms with van der Waals surface area (Å²) >= 11 is 0. The first-order chi connectivity index (χ1) is 13.5. The third kappa shape index (κ3) is 5.47. The third-order valence-corrected chi connectivity index (χ3v) is 5.45. The minimum atomic E-state index is -0.226. The van der Waals surface area contributed by atoms with Crippen LogP contribution in [0.3, 0.4) is 0 Å². The van der Waals surface area contributed by atoms with Crippen LogP contribution in [-0.4, -0.2) is 62.6 Å². The number of piperidine rings is 1. The lowest BCUT2D eigenvalue weighted by Crippen LogP contribution is -2.48. The van der Waals surface area contributed by atoms with Crippen LogP contribution in [0, 0.1) is 5.92 Å². The lowest BCUT2D eigenvalue weighted by Gasteiger charge is -2.42. The Balaban J connectivity index is 2.29. The molecule has 1 aliphatic heterocycles. The van der Waals surface area contributed by atoms with Gasteiger partial charge in [0.25, 0.3) is 0 Å². The number of methoxy groups -OCH3 is 2. The molecule has 1 aromatic carbocycles. The summed E-state index contributed by atoms with van der Waals surface area (Å²) in [6.07, 6.45) is 3.76.